The van der Waals surface area contributed by atoms with Crippen LogP contribution in [0.25, 0.3) is 6.08 Å². The van der Waals surface area contributed by atoms with Gasteiger partial charge in [-0.25, -0.2) is 4.90 Å². The largest absolute Gasteiger partial charge is 0.457 e. The Morgan fingerprint density at radius 2 is 1.55 bits per heavy atom. The van der Waals surface area contributed by atoms with Crippen LogP contribution in [-0.2, 0) is 14.4 Å². The maximum Gasteiger partial charge on any atom is 0.272 e. The standard InChI is InChI=1S/C39H28ClN3O7S/c40-26-10-14-29(15-11-26)50-30-16-12-28(13-17-30)43-36(44)22-35(39(43)47)51-31-8-4-7-27(21-31)41-38(46)32(42-37(45)25-5-2-1-3-6-25)19-24-9-18-33-34(20-24)49-23-48-33/h1-21,35H,22-23H2,(H,41,46)(H,42,45)/b32-19-/t35-/m1/s1. The number of halogens is 1. The molecule has 0 spiro atoms. The van der Waals surface area contributed by atoms with Crippen molar-refractivity contribution in [2.24, 2.45) is 0 Å². The molecule has 4 amide bonds. The van der Waals surface area contributed by atoms with Gasteiger partial charge in [-0.05, 0) is 103 Å². The SMILES string of the molecule is O=C(Nc1cccc(S[C@@H]2CC(=O)N(c3ccc(Oc4ccc(Cl)cc4)cc3)C2=O)c1)/C(=C/c1ccc2c(c1)OCO2)NC(=O)c1ccccc1. The molecular weight excluding hydrogens is 690 g/mol. The van der Waals surface area contributed by atoms with Gasteiger partial charge >= 0.3 is 0 Å². The molecule has 5 aromatic rings. The Kier molecular flexibility index (Phi) is 9.73. The summed E-state index contributed by atoms with van der Waals surface area (Å²) in [5.74, 6) is 0.568. The predicted octanol–water partition coefficient (Wildman–Crippen LogP) is 7.69. The lowest BCUT2D eigenvalue weighted by atomic mass is 10.1. The van der Waals surface area contributed by atoms with Crippen molar-refractivity contribution in [1.82, 2.24) is 5.32 Å². The van der Waals surface area contributed by atoms with Crippen molar-refractivity contribution < 1.29 is 33.4 Å². The number of nitrogens with zero attached hydrogens (tertiary/aromatic N) is 1. The molecule has 5 aromatic carbocycles. The van der Waals surface area contributed by atoms with Gasteiger partial charge in [0.05, 0.1) is 10.9 Å². The normalized spacial score (nSPS) is 15.1. The molecule has 7 rings (SSSR count). The van der Waals surface area contributed by atoms with Crippen LogP contribution in [-0.4, -0.2) is 35.7 Å². The van der Waals surface area contributed by atoms with Crippen molar-refractivity contribution in [2.75, 3.05) is 17.0 Å². The number of imide groups is 1. The second-order valence-corrected chi connectivity index (χ2v) is 13.1. The van der Waals surface area contributed by atoms with Crippen LogP contribution in [0, 0.1) is 0 Å². The first-order valence-corrected chi connectivity index (χ1v) is 17.0. The molecular formula is C39H28ClN3O7S. The molecule has 0 unspecified atom stereocenters. The Bertz CT molecular complexity index is 2160. The molecule has 10 nitrogen and oxygen atoms in total. The molecule has 0 aromatic heterocycles. The van der Waals surface area contributed by atoms with Crippen LogP contribution < -0.4 is 29.7 Å². The van der Waals surface area contributed by atoms with Crippen molar-refractivity contribution >= 4 is 64.4 Å². The van der Waals surface area contributed by atoms with Crippen molar-refractivity contribution in [3.05, 3.63) is 143 Å². The monoisotopic (exact) mass is 717 g/mol. The van der Waals surface area contributed by atoms with Gasteiger partial charge in [-0.15, -0.1) is 11.8 Å². The number of benzene rings is 5. The summed E-state index contributed by atoms with van der Waals surface area (Å²) in [5, 5.41) is 5.50. The highest BCUT2D eigenvalue weighted by Crippen LogP contribution is 2.36. The number of fused-ring (bicyclic) bond motifs is 1. The van der Waals surface area contributed by atoms with Gasteiger partial charge in [0.15, 0.2) is 11.5 Å². The molecule has 0 radical (unpaired) electrons. The number of carbonyl (C=O) groups excluding carboxylic acids is 4. The summed E-state index contributed by atoms with van der Waals surface area (Å²) in [4.78, 5) is 55.0. The quantitative estimate of drug-likeness (QED) is 0.111. The van der Waals surface area contributed by atoms with E-state index in [0.29, 0.717) is 55.4 Å². The molecule has 2 aliphatic heterocycles. The Balaban J connectivity index is 1.04. The van der Waals surface area contributed by atoms with E-state index < -0.39 is 17.1 Å². The molecule has 2 heterocycles. The van der Waals surface area contributed by atoms with E-state index in [0.717, 1.165) is 0 Å². The fourth-order valence-electron chi connectivity index (χ4n) is 5.39. The average molecular weight is 718 g/mol. The highest BCUT2D eigenvalue weighted by molar-refractivity contribution is 8.00. The molecule has 2 aliphatic rings. The van der Waals surface area contributed by atoms with E-state index in [4.69, 9.17) is 25.8 Å². The fraction of sp³-hybridized carbons (Fsp3) is 0.0769. The zero-order chi connectivity index (χ0) is 35.3. The topological polar surface area (TPSA) is 123 Å². The Morgan fingerprint density at radius 3 is 2.31 bits per heavy atom. The van der Waals surface area contributed by atoms with Crippen LogP contribution in [0.2, 0.25) is 5.02 Å². The minimum atomic E-state index is -0.667. The van der Waals surface area contributed by atoms with Gasteiger partial charge in [-0.1, -0.05) is 41.9 Å². The summed E-state index contributed by atoms with van der Waals surface area (Å²) < 4.78 is 16.7. The van der Waals surface area contributed by atoms with Crippen molar-refractivity contribution in [1.29, 1.82) is 0 Å². The minimum Gasteiger partial charge on any atom is -0.457 e. The van der Waals surface area contributed by atoms with Gasteiger partial charge in [-0.3, -0.25) is 19.2 Å². The third-order valence-corrected chi connectivity index (χ3v) is 9.29. The maximum absolute atomic E-state index is 13.6. The number of hydrogen-bond acceptors (Lipinski definition) is 8. The van der Waals surface area contributed by atoms with E-state index in [1.54, 1.807) is 127 Å². The number of amides is 4. The second-order valence-electron chi connectivity index (χ2n) is 11.4. The number of rotatable bonds is 10. The molecule has 254 valence electrons. The van der Waals surface area contributed by atoms with Crippen molar-refractivity contribution in [2.45, 2.75) is 16.6 Å². The summed E-state index contributed by atoms with van der Waals surface area (Å²) in [6.45, 7) is 0.0992. The maximum atomic E-state index is 13.6. The molecule has 0 saturated carbocycles. The zero-order valence-corrected chi connectivity index (χ0v) is 28.3. The molecule has 1 atom stereocenters. The number of carbonyl (C=O) groups is 4. The van der Waals surface area contributed by atoms with Gasteiger partial charge in [0.25, 0.3) is 11.8 Å². The van der Waals surface area contributed by atoms with E-state index in [1.165, 1.54) is 16.7 Å². The number of hydrogen-bond donors (Lipinski definition) is 2. The summed E-state index contributed by atoms with van der Waals surface area (Å²) in [5.41, 5.74) is 1.86. The van der Waals surface area contributed by atoms with Gasteiger partial charge in [0.1, 0.15) is 17.2 Å². The van der Waals surface area contributed by atoms with Crippen molar-refractivity contribution in [3.8, 4) is 23.0 Å². The summed E-state index contributed by atoms with van der Waals surface area (Å²) in [6.07, 6.45) is 1.56. The minimum absolute atomic E-state index is 0.00225. The first kappa shape index (κ1) is 33.5. The Hall–Kier alpha value is -6.04. The van der Waals surface area contributed by atoms with E-state index in [-0.39, 0.29) is 30.7 Å². The molecule has 0 bridgehead atoms. The van der Waals surface area contributed by atoms with Crippen LogP contribution in [0.15, 0.2) is 132 Å². The van der Waals surface area contributed by atoms with Crippen LogP contribution in [0.3, 0.4) is 0 Å². The highest BCUT2D eigenvalue weighted by Gasteiger charge is 2.40. The summed E-state index contributed by atoms with van der Waals surface area (Å²) >= 11 is 7.17. The molecule has 12 heteroatoms. The third kappa shape index (κ3) is 7.90. The van der Waals surface area contributed by atoms with Gasteiger partial charge in [0, 0.05) is 27.6 Å². The van der Waals surface area contributed by atoms with Crippen LogP contribution >= 0.6 is 23.4 Å². The van der Waals surface area contributed by atoms with Crippen LogP contribution in [0.1, 0.15) is 22.3 Å². The summed E-state index contributed by atoms with van der Waals surface area (Å²) in [7, 11) is 0. The first-order valence-electron chi connectivity index (χ1n) is 15.8. The van der Waals surface area contributed by atoms with Gasteiger partial charge in [0.2, 0.25) is 18.6 Å². The lowest BCUT2D eigenvalue weighted by Crippen LogP contribution is -2.31. The Labute approximate surface area is 302 Å². The first-order chi connectivity index (χ1) is 24.8. The zero-order valence-electron chi connectivity index (χ0n) is 26.7. The third-order valence-electron chi connectivity index (χ3n) is 7.86. The number of anilines is 2. The van der Waals surface area contributed by atoms with E-state index in [9.17, 15) is 19.2 Å². The number of thioether (sulfide) groups is 1. The molecule has 1 fully saturated rings. The second kappa shape index (κ2) is 14.8. The summed E-state index contributed by atoms with van der Waals surface area (Å²) in [6, 6.07) is 34.3. The highest BCUT2D eigenvalue weighted by atomic mass is 35.5. The molecule has 1 saturated heterocycles. The van der Waals surface area contributed by atoms with Crippen LogP contribution in [0.4, 0.5) is 11.4 Å². The van der Waals surface area contributed by atoms with E-state index >= 15 is 0 Å². The smallest absolute Gasteiger partial charge is 0.272 e. The van der Waals surface area contributed by atoms with Gasteiger partial charge in [-0.2, -0.15) is 0 Å². The lowest BCUT2D eigenvalue weighted by molar-refractivity contribution is -0.121. The Morgan fingerprint density at radius 1 is 0.824 bits per heavy atom. The molecule has 51 heavy (non-hydrogen) atoms. The van der Waals surface area contributed by atoms with Crippen LogP contribution in [0.5, 0.6) is 23.0 Å². The fourth-order valence-corrected chi connectivity index (χ4v) is 6.63. The average Bonchev–Trinajstić information content (AvgIpc) is 3.72. The number of nitrogens with one attached hydrogen (secondary N) is 2. The number of ether oxygens (including phenoxy) is 3. The van der Waals surface area contributed by atoms with E-state index in [2.05, 4.69) is 10.6 Å². The van der Waals surface area contributed by atoms with Gasteiger partial charge < -0.3 is 24.8 Å². The van der Waals surface area contributed by atoms with E-state index in [1.807, 2.05) is 0 Å². The lowest BCUT2D eigenvalue weighted by Gasteiger charge is -2.16. The van der Waals surface area contributed by atoms with Crippen molar-refractivity contribution in [3.63, 3.8) is 0 Å². The molecule has 2 N–H and O–H groups in total. The molecule has 0 aliphatic carbocycles. The predicted molar refractivity (Wildman–Crippen MR) is 194 cm³/mol.